The first kappa shape index (κ1) is 26.4. The minimum Gasteiger partial charge on any atom is -0.497 e. The molecule has 1 unspecified atom stereocenters. The van der Waals surface area contributed by atoms with Crippen LogP contribution in [0.1, 0.15) is 24.5 Å². The van der Waals surface area contributed by atoms with Crippen LogP contribution in [-0.2, 0) is 20.5 Å². The molecule has 2 N–H and O–H groups in total. The van der Waals surface area contributed by atoms with E-state index in [-0.39, 0.29) is 23.0 Å². The smallest absolute Gasteiger partial charge is 0.309 e. The molecular weight excluding hydrogens is 521 g/mol. The number of carbonyl (C=O) groups is 1. The van der Waals surface area contributed by atoms with Crippen molar-refractivity contribution in [3.63, 3.8) is 0 Å². The molecule has 1 aliphatic rings. The number of halogens is 2. The van der Waals surface area contributed by atoms with Crippen molar-refractivity contribution in [2.24, 2.45) is 10.7 Å². The molecule has 11 heteroatoms. The number of methoxy groups -OCH3 is 1. The van der Waals surface area contributed by atoms with Gasteiger partial charge in [-0.15, -0.1) is 0 Å². The van der Waals surface area contributed by atoms with Crippen molar-refractivity contribution in [1.82, 2.24) is 4.90 Å². The van der Waals surface area contributed by atoms with Crippen LogP contribution in [0.4, 0.5) is 4.39 Å². The van der Waals surface area contributed by atoms with Gasteiger partial charge in [0.15, 0.2) is 11.5 Å². The van der Waals surface area contributed by atoms with Crippen molar-refractivity contribution in [2.45, 2.75) is 18.9 Å². The lowest BCUT2D eigenvalue weighted by Crippen LogP contribution is -2.41. The summed E-state index contributed by atoms with van der Waals surface area (Å²) in [5, 5.41) is 0.339. The first-order valence-corrected chi connectivity index (χ1v) is 13.3. The van der Waals surface area contributed by atoms with Crippen molar-refractivity contribution in [2.75, 3.05) is 19.9 Å². The van der Waals surface area contributed by atoms with E-state index in [1.54, 1.807) is 37.3 Å². The molecule has 1 atom stereocenters. The predicted octanol–water partition coefficient (Wildman–Crippen LogP) is 4.30. The van der Waals surface area contributed by atoms with Crippen LogP contribution >= 0.6 is 11.6 Å². The normalized spacial score (nSPS) is 17.6. The van der Waals surface area contributed by atoms with E-state index in [1.165, 1.54) is 49.4 Å². The van der Waals surface area contributed by atoms with Gasteiger partial charge in [0.1, 0.15) is 17.3 Å². The van der Waals surface area contributed by atoms with Crippen molar-refractivity contribution in [1.29, 1.82) is 0 Å². The van der Waals surface area contributed by atoms with Gasteiger partial charge in [0.2, 0.25) is 0 Å². The standard InChI is InChI=1S/C26H25ClFN3O5S/c1-4-10-37(33,34)36-20-7-5-6-17(13-20)26(24(32)31(2)25(29)30-26)18-8-9-23(28)22(14-18)16-11-19(27)15-21(12-16)35-3/h5-9,11-15H,4,10H2,1-3H3,(H2,29,30). The van der Waals surface area contributed by atoms with Crippen LogP contribution in [0, 0.1) is 5.82 Å². The maximum absolute atomic E-state index is 15.1. The molecule has 3 aromatic rings. The van der Waals surface area contributed by atoms with Crippen LogP contribution in [0.2, 0.25) is 5.02 Å². The maximum Gasteiger partial charge on any atom is 0.309 e. The number of rotatable bonds is 8. The minimum atomic E-state index is -3.83. The Balaban J connectivity index is 1.92. The van der Waals surface area contributed by atoms with Crippen LogP contribution in [-0.4, -0.2) is 45.1 Å². The molecule has 0 spiro atoms. The topological polar surface area (TPSA) is 111 Å². The Morgan fingerprint density at radius 3 is 2.46 bits per heavy atom. The van der Waals surface area contributed by atoms with Gasteiger partial charge in [-0.3, -0.25) is 9.69 Å². The van der Waals surface area contributed by atoms with Gasteiger partial charge in [-0.1, -0.05) is 36.7 Å². The van der Waals surface area contributed by atoms with Crippen LogP contribution in [0.15, 0.2) is 65.7 Å². The zero-order chi connectivity index (χ0) is 27.0. The number of nitrogens with two attached hydrogens (primary N) is 1. The number of ether oxygens (including phenoxy) is 1. The largest absolute Gasteiger partial charge is 0.497 e. The number of guanidine groups is 1. The molecule has 0 aromatic heterocycles. The Kier molecular flexibility index (Phi) is 7.16. The zero-order valence-electron chi connectivity index (χ0n) is 20.4. The highest BCUT2D eigenvalue weighted by atomic mass is 35.5. The second-order valence-electron chi connectivity index (χ2n) is 8.49. The summed E-state index contributed by atoms with van der Waals surface area (Å²) in [5.74, 6) is -0.825. The molecule has 194 valence electrons. The Bertz CT molecular complexity index is 1510. The molecule has 1 aliphatic heterocycles. The molecule has 4 rings (SSSR count). The van der Waals surface area contributed by atoms with E-state index in [4.69, 9.17) is 26.3 Å². The Labute approximate surface area is 219 Å². The molecule has 0 fully saturated rings. The predicted molar refractivity (Wildman–Crippen MR) is 140 cm³/mol. The highest BCUT2D eigenvalue weighted by Gasteiger charge is 2.50. The van der Waals surface area contributed by atoms with E-state index in [9.17, 15) is 13.2 Å². The SMILES string of the molecule is CCCS(=O)(=O)Oc1cccc(C2(c3ccc(F)c(-c4cc(Cl)cc(OC)c4)c3)N=C(N)N(C)C2=O)c1. The van der Waals surface area contributed by atoms with Gasteiger partial charge >= 0.3 is 10.1 Å². The lowest BCUT2D eigenvalue weighted by atomic mass is 9.81. The number of hydrogen-bond acceptors (Lipinski definition) is 7. The fraction of sp³-hybridized carbons (Fsp3) is 0.231. The average Bonchev–Trinajstić information content (AvgIpc) is 3.08. The van der Waals surface area contributed by atoms with E-state index < -0.39 is 27.4 Å². The van der Waals surface area contributed by atoms with E-state index in [2.05, 4.69) is 4.99 Å². The molecule has 0 aliphatic carbocycles. The molecule has 0 bridgehead atoms. The molecule has 0 saturated heterocycles. The second-order valence-corrected chi connectivity index (χ2v) is 10.6. The first-order chi connectivity index (χ1) is 17.5. The van der Waals surface area contributed by atoms with Gasteiger partial charge in [-0.25, -0.2) is 9.38 Å². The Morgan fingerprint density at radius 2 is 1.81 bits per heavy atom. The summed E-state index contributed by atoms with van der Waals surface area (Å²) in [6.07, 6.45) is 0.378. The number of amides is 1. The maximum atomic E-state index is 15.1. The number of nitrogens with zero attached hydrogens (tertiary/aromatic N) is 2. The molecular formula is C26H25ClFN3O5S. The lowest BCUT2D eigenvalue weighted by molar-refractivity contribution is -0.129. The summed E-state index contributed by atoms with van der Waals surface area (Å²) in [6, 6.07) is 15.0. The van der Waals surface area contributed by atoms with Gasteiger partial charge in [0.05, 0.1) is 12.9 Å². The summed E-state index contributed by atoms with van der Waals surface area (Å²) in [5.41, 5.74) is 5.55. The molecule has 1 heterocycles. The van der Waals surface area contributed by atoms with E-state index in [0.717, 1.165) is 0 Å². The molecule has 3 aromatic carbocycles. The van der Waals surface area contributed by atoms with E-state index in [1.807, 2.05) is 0 Å². The fourth-order valence-corrected chi connectivity index (χ4v) is 5.41. The number of carbonyl (C=O) groups excluding carboxylic acids is 1. The van der Waals surface area contributed by atoms with Crippen molar-refractivity contribution in [3.05, 3.63) is 82.6 Å². The summed E-state index contributed by atoms with van der Waals surface area (Å²) in [4.78, 5) is 19.4. The highest BCUT2D eigenvalue weighted by molar-refractivity contribution is 7.87. The number of likely N-dealkylation sites (N-methyl/N-ethyl adjacent to an activating group) is 1. The summed E-state index contributed by atoms with van der Waals surface area (Å²) >= 11 is 6.21. The zero-order valence-corrected chi connectivity index (χ0v) is 21.9. The highest BCUT2D eigenvalue weighted by Crippen LogP contribution is 2.42. The third kappa shape index (κ3) is 4.99. The number of aliphatic imine (C=N–C) groups is 1. The molecule has 37 heavy (non-hydrogen) atoms. The summed E-state index contributed by atoms with van der Waals surface area (Å²) in [6.45, 7) is 1.72. The van der Waals surface area contributed by atoms with Gasteiger partial charge in [-0.05, 0) is 65.6 Å². The van der Waals surface area contributed by atoms with E-state index >= 15 is 4.39 Å². The Hall–Kier alpha value is -3.63. The quantitative estimate of drug-likeness (QED) is 0.422. The minimum absolute atomic E-state index is 0.0170. The Morgan fingerprint density at radius 1 is 1.08 bits per heavy atom. The van der Waals surface area contributed by atoms with Crippen molar-refractivity contribution >= 4 is 33.6 Å². The first-order valence-electron chi connectivity index (χ1n) is 11.3. The van der Waals surface area contributed by atoms with Gasteiger partial charge < -0.3 is 14.7 Å². The number of hydrogen-bond donors (Lipinski definition) is 1. The molecule has 0 radical (unpaired) electrons. The van der Waals surface area contributed by atoms with Crippen molar-refractivity contribution in [3.8, 4) is 22.6 Å². The lowest BCUT2D eigenvalue weighted by Gasteiger charge is -2.27. The molecule has 0 saturated carbocycles. The van der Waals surface area contributed by atoms with Gasteiger partial charge in [-0.2, -0.15) is 8.42 Å². The van der Waals surface area contributed by atoms with Crippen LogP contribution in [0.5, 0.6) is 11.5 Å². The van der Waals surface area contributed by atoms with Gasteiger partial charge in [0.25, 0.3) is 5.91 Å². The molecule has 1 amide bonds. The average molecular weight is 546 g/mol. The van der Waals surface area contributed by atoms with Gasteiger partial charge in [0, 0.05) is 17.6 Å². The third-order valence-electron chi connectivity index (χ3n) is 5.97. The van der Waals surface area contributed by atoms with Crippen molar-refractivity contribution < 1.29 is 26.5 Å². The summed E-state index contributed by atoms with van der Waals surface area (Å²) < 4.78 is 50.1. The van der Waals surface area contributed by atoms with E-state index in [0.29, 0.717) is 33.9 Å². The second kappa shape index (κ2) is 10.0. The summed E-state index contributed by atoms with van der Waals surface area (Å²) in [7, 11) is -0.890. The third-order valence-corrected chi connectivity index (χ3v) is 7.54. The molecule has 8 nitrogen and oxygen atoms in total. The van der Waals surface area contributed by atoms with Crippen LogP contribution in [0.25, 0.3) is 11.1 Å². The van der Waals surface area contributed by atoms with Crippen LogP contribution in [0.3, 0.4) is 0 Å². The monoisotopic (exact) mass is 545 g/mol. The van der Waals surface area contributed by atoms with Crippen LogP contribution < -0.4 is 14.7 Å². The fourth-order valence-electron chi connectivity index (χ4n) is 4.20. The number of benzene rings is 3.